The van der Waals surface area contributed by atoms with Gasteiger partial charge in [0.1, 0.15) is 71.2 Å². The molecule has 1 aromatic heterocycles. The fourth-order valence-corrected chi connectivity index (χ4v) is 14.1. The van der Waals surface area contributed by atoms with Crippen LogP contribution in [0.25, 0.3) is 10.9 Å². The number of Topliss-reactive ketones (excluding diaryl/α,β-unsaturated/α-hetero) is 2. The van der Waals surface area contributed by atoms with Crippen LogP contribution in [0.3, 0.4) is 0 Å². The summed E-state index contributed by atoms with van der Waals surface area (Å²) in [5, 5.41) is 76.1. The number of primary amides is 2. The first-order valence-corrected chi connectivity index (χ1v) is 42.7. The van der Waals surface area contributed by atoms with E-state index in [1.165, 1.54) is 58.9 Å². The first-order chi connectivity index (χ1) is 59.7. The van der Waals surface area contributed by atoms with Crippen molar-refractivity contribution in [1.29, 1.82) is 0 Å². The standard InChI is InChI=1S/C88H126F2N16O21/c1-47(2)25-29-56-44-94-63(33-35-70(91)111)74(115)73(114)49(5)95-79(120)68(43-57-45-93-62-24-20-19-23-59(57)62)100-80(121)66(41-54-26-30-58(110)31-27-54)99-78(119)64(34-36-71(112)113)102-85(126)88(11,106-83(124)67(42-55-28-32-60(89)61(90)40-55)101-84(125)72(52(8)108)104-81(122)65(39-48(3)4)98-53(9)109)38-22-18-16-14-12-13-15-17-21-37-87(10,105-77(56)118)86(127)103-69(46-107)82(123)97-51(7)76(117)96-50(6)75(92)116/h13,15,19-20,23-24,26-28,30-32,40,45,47-52,56,63-69,72,93-94,107-108,110H,12,14,16-18,21-22,25,29,33-39,41-44,46H2,1-11H3,(H2,91,111)(H2,92,116)(H,95,120)(H,96,117)(H,97,123)(H,98,109)(H,99,119)(H,100,121)(H,101,125)(H,102,126)(H,103,127)(H,104,122)(H,105,118)(H,106,124)(H,112,113)/b15-13+/t49?,50-,51?,52+,56+,63-,64-,65-,66?,67-,68-,69-,72-,87-,88+/m0/s1. The van der Waals surface area contributed by atoms with Crippen LogP contribution in [0.5, 0.6) is 5.75 Å². The Kier molecular flexibility index (Phi) is 42.2. The van der Waals surface area contributed by atoms with Crippen molar-refractivity contribution in [3.63, 3.8) is 0 Å². The van der Waals surface area contributed by atoms with E-state index in [1.807, 2.05) is 19.9 Å². The fraction of sp³-hybridized carbons (Fsp3) is 0.557. The van der Waals surface area contributed by atoms with Gasteiger partial charge in [-0.1, -0.05) is 102 Å². The number of carboxylic acid groups (broad SMARTS) is 1. The van der Waals surface area contributed by atoms with E-state index in [4.69, 9.17) is 11.5 Å². The number of aromatic hydroxyl groups is 1. The average molecular weight is 1780 g/mol. The van der Waals surface area contributed by atoms with E-state index in [1.54, 1.807) is 50.4 Å². The van der Waals surface area contributed by atoms with Gasteiger partial charge in [-0.25, -0.2) is 8.78 Å². The minimum absolute atomic E-state index is 0.0386. The summed E-state index contributed by atoms with van der Waals surface area (Å²) in [5.74, 6) is -22.0. The van der Waals surface area contributed by atoms with E-state index < -0.39 is 247 Å². The number of carbonyl (C=O) groups is 17. The lowest BCUT2D eigenvalue weighted by atomic mass is 9.90. The number of amides is 14. The number of fused-ring (bicyclic) bond motifs is 1. The van der Waals surface area contributed by atoms with Crippen LogP contribution in [-0.2, 0) is 101 Å². The fourth-order valence-electron chi connectivity index (χ4n) is 14.1. The summed E-state index contributed by atoms with van der Waals surface area (Å²) >= 11 is 0. The number of allylic oxidation sites excluding steroid dienone is 2. The number of ketones is 2. The highest BCUT2D eigenvalue weighted by Gasteiger charge is 2.44. The highest BCUT2D eigenvalue weighted by molar-refractivity contribution is 6.41. The number of phenols is 1. The molecule has 0 aliphatic carbocycles. The number of aliphatic carboxylic acids is 1. The minimum Gasteiger partial charge on any atom is -0.508 e. The Hall–Kier alpha value is -12.1. The highest BCUT2D eigenvalue weighted by Crippen LogP contribution is 2.25. The third-order valence-electron chi connectivity index (χ3n) is 21.7. The van der Waals surface area contributed by atoms with Crippen LogP contribution in [-0.4, -0.2) is 222 Å². The van der Waals surface area contributed by atoms with Gasteiger partial charge < -0.3 is 106 Å². The van der Waals surface area contributed by atoms with E-state index in [9.17, 15) is 77.6 Å². The van der Waals surface area contributed by atoms with Crippen LogP contribution in [0.4, 0.5) is 8.78 Å². The van der Waals surface area contributed by atoms with Gasteiger partial charge in [0, 0.05) is 62.7 Å². The molecule has 22 N–H and O–H groups in total. The molecule has 0 fully saturated rings. The first kappa shape index (κ1) is 105. The number of carboxylic acids is 1. The smallest absolute Gasteiger partial charge is 0.303 e. The topological polar surface area (TPSA) is 595 Å². The number of aromatic nitrogens is 1. The maximum absolute atomic E-state index is 15.5. The van der Waals surface area contributed by atoms with E-state index >= 15 is 33.2 Å². The lowest BCUT2D eigenvalue weighted by Crippen LogP contribution is -2.65. The number of nitrogens with one attached hydrogen (secondary N) is 14. The Labute approximate surface area is 736 Å². The van der Waals surface area contributed by atoms with Gasteiger partial charge in [0.2, 0.25) is 94.3 Å². The molecule has 0 bridgehead atoms. The number of para-hydroxylation sites is 1. The van der Waals surface area contributed by atoms with Gasteiger partial charge in [-0.15, -0.1) is 0 Å². The zero-order valence-corrected chi connectivity index (χ0v) is 73.7. The second-order valence-corrected chi connectivity index (χ2v) is 33.8. The van der Waals surface area contributed by atoms with Crippen LogP contribution >= 0.6 is 0 Å². The van der Waals surface area contributed by atoms with Crippen LogP contribution in [0.1, 0.15) is 196 Å². The van der Waals surface area contributed by atoms with Crippen molar-refractivity contribution in [2.24, 2.45) is 29.2 Å². The van der Waals surface area contributed by atoms with Crippen LogP contribution in [0.15, 0.2) is 85.1 Å². The van der Waals surface area contributed by atoms with Gasteiger partial charge in [0.05, 0.1) is 30.7 Å². The SMILES string of the molecule is CC(=O)N[C@@H](CC(C)C)C(=O)N[C@H](C(=O)N[C@@H](Cc1ccc(F)c(F)c1)C(=O)N[C@]1(C)CCCCCC/C=C/CCC[C@@](C)(C(=O)N[C@@H](CO)C(=O)NC(C)C(=O)N[C@@H](C)C(N)=O)NC(=O)[C@H](CCC(C)C)CN[C@@H](CCC(N)=O)C(=O)C(=O)C(C)NC(=O)[C@H](Cc2c[nH]c3ccccc23)NC(=O)C(Cc2ccc(O)cc2)NC(=O)[C@H](CCC(=O)O)NC1=O)[C@@H](C)O. The molecule has 4 aromatic rings. The quantitative estimate of drug-likeness (QED) is 0.0235. The molecule has 14 amide bonds. The van der Waals surface area contributed by atoms with Gasteiger partial charge in [-0.05, 0) is 165 Å². The number of aliphatic hydroxyl groups is 2. The molecule has 0 spiro atoms. The molecule has 3 unspecified atom stereocenters. The molecular weight excluding hydrogens is 1660 g/mol. The number of nitrogens with two attached hydrogens (primary N) is 2. The Morgan fingerprint density at radius 1 is 0.583 bits per heavy atom. The van der Waals surface area contributed by atoms with Gasteiger partial charge in [-0.2, -0.15) is 0 Å². The Morgan fingerprint density at radius 3 is 1.80 bits per heavy atom. The average Bonchev–Trinajstić information content (AvgIpc) is 1.55. The first-order valence-electron chi connectivity index (χ1n) is 42.7. The van der Waals surface area contributed by atoms with Crippen LogP contribution in [0, 0.1) is 29.4 Å². The summed E-state index contributed by atoms with van der Waals surface area (Å²) in [4.78, 5) is 243. The molecule has 1 aliphatic heterocycles. The van der Waals surface area contributed by atoms with E-state index in [2.05, 4.69) is 74.1 Å². The molecule has 127 heavy (non-hydrogen) atoms. The molecule has 1 aliphatic rings. The second kappa shape index (κ2) is 50.9. The molecule has 2 heterocycles. The molecule has 0 radical (unpaired) electrons. The second-order valence-electron chi connectivity index (χ2n) is 33.8. The van der Waals surface area contributed by atoms with E-state index in [0.717, 1.165) is 32.0 Å². The molecule has 3 aromatic carbocycles. The van der Waals surface area contributed by atoms with Gasteiger partial charge in [0.25, 0.3) is 0 Å². The molecule has 15 atom stereocenters. The molecule has 0 saturated heterocycles. The molecule has 5 rings (SSSR count). The van der Waals surface area contributed by atoms with Crippen LogP contribution in [0.2, 0.25) is 0 Å². The van der Waals surface area contributed by atoms with Crippen molar-refractivity contribution in [2.45, 2.75) is 282 Å². The third kappa shape index (κ3) is 34.6. The number of hydrogen-bond donors (Lipinski definition) is 20. The molecule has 39 heteroatoms. The van der Waals surface area contributed by atoms with Crippen molar-refractivity contribution >= 4 is 111 Å². The summed E-state index contributed by atoms with van der Waals surface area (Å²) in [6, 6.07) is -3.15. The summed E-state index contributed by atoms with van der Waals surface area (Å²) in [6.45, 7) is 14.5. The van der Waals surface area contributed by atoms with Crippen molar-refractivity contribution < 1.29 is 111 Å². The minimum atomic E-state index is -2.21. The van der Waals surface area contributed by atoms with Gasteiger partial charge in [-0.3, -0.25) is 81.5 Å². The monoisotopic (exact) mass is 1780 g/mol. The molecule has 0 saturated carbocycles. The lowest BCUT2D eigenvalue weighted by molar-refractivity contribution is -0.140. The maximum atomic E-state index is 15.5. The number of halogens is 2. The number of H-pyrrole nitrogens is 1. The highest BCUT2D eigenvalue weighted by atomic mass is 19.2. The zero-order chi connectivity index (χ0) is 94.7. The summed E-state index contributed by atoms with van der Waals surface area (Å²) in [5.41, 5.74) is 7.97. The normalized spacial score (nSPS) is 22.3. The predicted molar refractivity (Wildman–Crippen MR) is 462 cm³/mol. The number of aromatic amines is 1. The number of aliphatic hydroxyl groups excluding tert-OH is 2. The lowest BCUT2D eigenvalue weighted by Gasteiger charge is -2.34. The van der Waals surface area contributed by atoms with E-state index in [-0.39, 0.29) is 86.6 Å². The predicted octanol–water partition coefficient (Wildman–Crippen LogP) is 1.12. The zero-order valence-electron chi connectivity index (χ0n) is 73.7. The van der Waals surface area contributed by atoms with Crippen molar-refractivity contribution in [2.75, 3.05) is 13.2 Å². The van der Waals surface area contributed by atoms with E-state index in [0.29, 0.717) is 48.6 Å². The number of phenolic OH excluding ortho intramolecular Hbond substituents is 1. The van der Waals surface area contributed by atoms with Gasteiger partial charge >= 0.3 is 5.97 Å². The Morgan fingerprint density at radius 2 is 1.19 bits per heavy atom. The van der Waals surface area contributed by atoms with Crippen LogP contribution < -0.4 is 80.6 Å². The Bertz CT molecular complexity index is 4560. The maximum Gasteiger partial charge on any atom is 0.303 e. The van der Waals surface area contributed by atoms with Crippen molar-refractivity contribution in [1.82, 2.24) is 74.1 Å². The number of hydrogen-bond acceptors (Lipinski definition) is 21. The Balaban J connectivity index is 1.67. The largest absolute Gasteiger partial charge is 0.508 e. The molecular formula is C88H126F2N16O21. The van der Waals surface area contributed by atoms with Crippen molar-refractivity contribution in [3.8, 4) is 5.75 Å². The summed E-state index contributed by atoms with van der Waals surface area (Å²) in [6.07, 6.45) is 1.90. The van der Waals surface area contributed by atoms with Crippen molar-refractivity contribution in [3.05, 3.63) is 113 Å². The number of benzene rings is 3. The third-order valence-corrected chi connectivity index (χ3v) is 21.7. The summed E-state index contributed by atoms with van der Waals surface area (Å²) in [7, 11) is 0. The molecule has 37 nitrogen and oxygen atoms in total. The number of rotatable bonds is 33. The number of carbonyl (C=O) groups excluding carboxylic acids is 16. The molecule has 698 valence electrons. The van der Waals surface area contributed by atoms with Gasteiger partial charge in [0.15, 0.2) is 11.6 Å². The summed E-state index contributed by atoms with van der Waals surface area (Å²) < 4.78 is 29.6.